The molecule has 2 N–H and O–H groups in total. The Bertz CT molecular complexity index is 2350. The van der Waals surface area contributed by atoms with Crippen molar-refractivity contribution in [3.8, 4) is 11.5 Å². The Balaban J connectivity index is 1.13. The zero-order valence-corrected chi connectivity index (χ0v) is 33.1. The first kappa shape index (κ1) is 38.3. The van der Waals surface area contributed by atoms with E-state index >= 15 is 9.18 Å². The Morgan fingerprint density at radius 3 is 2.33 bits per heavy atom. The number of piperidine rings is 1. The third-order valence-electron chi connectivity index (χ3n) is 13.1. The standard InChI is InChI=1S/C45H41Cl2FN4O6/c1-58-29-13-10-26(11-14-29)45-34(42(55)52(44(45)57)49-37-17-12-27(46)22-35(37)47)23-33-30(39(45)32-8-5-9-36(48)40(32)53)15-16-31-38(33)43(56)51(41(31)54)28-18-20-50(21-19-28)24-25-6-3-2-4-7-25/h2-15,17,22,28,31,33-34,38-39,49,53H,16,18-21,23-24H2,1H3. The van der Waals surface area contributed by atoms with Crippen LogP contribution in [0.1, 0.15) is 48.3 Å². The second-order valence-corrected chi connectivity index (χ2v) is 16.8. The number of benzene rings is 4. The Hall–Kier alpha value is -5.23. The fraction of sp³-hybridized carbons (Fsp3) is 0.333. The van der Waals surface area contributed by atoms with Crippen LogP contribution in [0.2, 0.25) is 10.0 Å². The lowest BCUT2D eigenvalue weighted by molar-refractivity contribution is -0.144. The number of likely N-dealkylation sites (tertiary alicyclic amines) is 2. The fourth-order valence-corrected chi connectivity index (χ4v) is 11.0. The number of hydrazine groups is 1. The summed E-state index contributed by atoms with van der Waals surface area (Å²) >= 11 is 12.7. The number of allylic oxidation sites excluding steroid dienone is 2. The number of para-hydroxylation sites is 1. The number of halogens is 3. The molecule has 0 bridgehead atoms. The number of anilines is 1. The zero-order valence-electron chi connectivity index (χ0n) is 31.6. The van der Waals surface area contributed by atoms with Crippen LogP contribution in [0.5, 0.6) is 11.5 Å². The number of carbonyl (C=O) groups excluding carboxylic acids is 4. The fourth-order valence-electron chi connectivity index (χ4n) is 10.5. The average Bonchev–Trinajstić information content (AvgIpc) is 3.61. The minimum absolute atomic E-state index is 0.0467. The van der Waals surface area contributed by atoms with E-state index in [-0.39, 0.29) is 47.0 Å². The first-order chi connectivity index (χ1) is 28.0. The molecule has 2 aliphatic carbocycles. The summed E-state index contributed by atoms with van der Waals surface area (Å²) < 4.78 is 20.9. The number of aromatic hydroxyl groups is 1. The third kappa shape index (κ3) is 6.00. The molecule has 58 heavy (non-hydrogen) atoms. The lowest BCUT2D eigenvalue weighted by atomic mass is 9.49. The van der Waals surface area contributed by atoms with Crippen molar-refractivity contribution < 1.29 is 33.4 Å². The van der Waals surface area contributed by atoms with E-state index in [4.69, 9.17) is 27.9 Å². The van der Waals surface area contributed by atoms with E-state index in [1.165, 1.54) is 29.7 Å². The number of carbonyl (C=O) groups is 4. The van der Waals surface area contributed by atoms with Gasteiger partial charge in [-0.2, -0.15) is 5.01 Å². The number of nitrogens with zero attached hydrogens (tertiary/aromatic N) is 3. The summed E-state index contributed by atoms with van der Waals surface area (Å²) in [6.45, 7) is 2.23. The number of fused-ring (bicyclic) bond motifs is 4. The van der Waals surface area contributed by atoms with Crippen LogP contribution in [0.25, 0.3) is 0 Å². The van der Waals surface area contributed by atoms with Crippen molar-refractivity contribution in [2.75, 3.05) is 25.6 Å². The molecule has 4 fully saturated rings. The maximum atomic E-state index is 15.5. The largest absolute Gasteiger partial charge is 0.505 e. The maximum absolute atomic E-state index is 15.5. The second-order valence-electron chi connectivity index (χ2n) is 15.9. The van der Waals surface area contributed by atoms with E-state index in [0.29, 0.717) is 34.8 Å². The van der Waals surface area contributed by atoms with Crippen LogP contribution in [0.4, 0.5) is 10.1 Å². The molecule has 6 unspecified atom stereocenters. The minimum Gasteiger partial charge on any atom is -0.505 e. The molecule has 4 aromatic carbocycles. The number of imide groups is 2. The van der Waals surface area contributed by atoms with Crippen molar-refractivity contribution in [2.45, 2.75) is 49.6 Å². The van der Waals surface area contributed by atoms with Gasteiger partial charge in [0.1, 0.15) is 5.75 Å². The normalized spacial score (nSPS) is 27.3. The van der Waals surface area contributed by atoms with Crippen molar-refractivity contribution in [3.05, 3.63) is 135 Å². The topological polar surface area (TPSA) is 119 Å². The number of hydrogen-bond donors (Lipinski definition) is 2. The van der Waals surface area contributed by atoms with Crippen LogP contribution in [-0.2, 0) is 31.1 Å². The van der Waals surface area contributed by atoms with Gasteiger partial charge in [-0.15, -0.1) is 0 Å². The molecular formula is C45H41Cl2FN4O6. The maximum Gasteiger partial charge on any atom is 0.260 e. The monoisotopic (exact) mass is 822 g/mol. The zero-order chi connectivity index (χ0) is 40.5. The Kier molecular flexibility index (Phi) is 9.81. The Labute approximate surface area is 345 Å². The van der Waals surface area contributed by atoms with E-state index in [1.54, 1.807) is 42.5 Å². The molecule has 10 nitrogen and oxygen atoms in total. The number of nitrogens with one attached hydrogen (secondary N) is 1. The number of methoxy groups -OCH3 is 1. The quantitative estimate of drug-likeness (QED) is 0.139. The molecule has 0 spiro atoms. The Morgan fingerprint density at radius 2 is 1.62 bits per heavy atom. The molecule has 6 atom stereocenters. The van der Waals surface area contributed by atoms with Crippen molar-refractivity contribution in [1.29, 1.82) is 0 Å². The highest BCUT2D eigenvalue weighted by Crippen LogP contribution is 2.65. The molecular weight excluding hydrogens is 782 g/mol. The summed E-state index contributed by atoms with van der Waals surface area (Å²) in [4.78, 5) is 63.4. The lowest BCUT2D eigenvalue weighted by Gasteiger charge is -2.50. The molecule has 4 amide bonds. The number of ether oxygens (including phenoxy) is 1. The first-order valence-corrected chi connectivity index (χ1v) is 20.3. The Morgan fingerprint density at radius 1 is 0.879 bits per heavy atom. The molecule has 4 aromatic rings. The lowest BCUT2D eigenvalue weighted by Crippen LogP contribution is -2.53. The number of hydrogen-bond acceptors (Lipinski definition) is 8. The molecule has 298 valence electrons. The molecule has 5 aliphatic rings. The van der Waals surface area contributed by atoms with Gasteiger partial charge in [0.25, 0.3) is 11.8 Å². The van der Waals surface area contributed by atoms with Crippen molar-refractivity contribution in [2.24, 2.45) is 23.7 Å². The van der Waals surface area contributed by atoms with Crippen LogP contribution in [0.3, 0.4) is 0 Å². The molecule has 13 heteroatoms. The van der Waals surface area contributed by atoms with Gasteiger partial charge in [0, 0.05) is 42.2 Å². The molecule has 0 radical (unpaired) electrons. The third-order valence-corrected chi connectivity index (χ3v) is 13.7. The van der Waals surface area contributed by atoms with E-state index < -0.39 is 58.4 Å². The van der Waals surface area contributed by atoms with Gasteiger partial charge >= 0.3 is 0 Å². The second kappa shape index (κ2) is 14.9. The predicted octanol–water partition coefficient (Wildman–Crippen LogP) is 7.50. The number of phenolic OH excluding ortho intramolecular Hbond substituents is 1. The smallest absolute Gasteiger partial charge is 0.260 e. The number of amides is 4. The highest BCUT2D eigenvalue weighted by Gasteiger charge is 2.71. The van der Waals surface area contributed by atoms with Gasteiger partial charge in [-0.3, -0.25) is 34.4 Å². The van der Waals surface area contributed by atoms with Crippen molar-refractivity contribution >= 4 is 52.5 Å². The first-order valence-electron chi connectivity index (χ1n) is 19.6. The van der Waals surface area contributed by atoms with Crippen LogP contribution in [-0.4, -0.2) is 69.8 Å². The van der Waals surface area contributed by atoms with Gasteiger partial charge in [-0.25, -0.2) is 4.39 Å². The van der Waals surface area contributed by atoms with Crippen LogP contribution >= 0.6 is 23.2 Å². The molecule has 0 aromatic heterocycles. The predicted molar refractivity (Wildman–Crippen MR) is 215 cm³/mol. The van der Waals surface area contributed by atoms with Crippen molar-refractivity contribution in [1.82, 2.24) is 14.8 Å². The summed E-state index contributed by atoms with van der Waals surface area (Å²) in [6.07, 6.45) is 3.43. The van der Waals surface area contributed by atoms with Gasteiger partial charge in [0.05, 0.1) is 41.0 Å². The molecule has 1 saturated carbocycles. The van der Waals surface area contributed by atoms with Gasteiger partial charge in [0.2, 0.25) is 11.8 Å². The van der Waals surface area contributed by atoms with Crippen molar-refractivity contribution in [3.63, 3.8) is 0 Å². The summed E-state index contributed by atoms with van der Waals surface area (Å²) in [6, 6.07) is 25.5. The molecule has 9 rings (SSSR count). The number of rotatable bonds is 8. The van der Waals surface area contributed by atoms with E-state index in [9.17, 15) is 19.5 Å². The summed E-state index contributed by atoms with van der Waals surface area (Å²) in [5.74, 6) is -7.15. The summed E-state index contributed by atoms with van der Waals surface area (Å²) in [7, 11) is 1.52. The highest BCUT2D eigenvalue weighted by molar-refractivity contribution is 6.36. The van der Waals surface area contributed by atoms with E-state index in [0.717, 1.165) is 30.7 Å². The van der Waals surface area contributed by atoms with Crippen LogP contribution in [0, 0.1) is 29.5 Å². The molecule has 3 saturated heterocycles. The van der Waals surface area contributed by atoms with Gasteiger partial charge in [-0.1, -0.05) is 89.4 Å². The summed E-state index contributed by atoms with van der Waals surface area (Å²) in [5.41, 5.74) is 3.82. The van der Waals surface area contributed by atoms with Gasteiger partial charge < -0.3 is 9.84 Å². The average molecular weight is 824 g/mol. The number of phenols is 1. The van der Waals surface area contributed by atoms with E-state index in [1.807, 2.05) is 24.3 Å². The van der Waals surface area contributed by atoms with E-state index in [2.05, 4.69) is 22.5 Å². The van der Waals surface area contributed by atoms with Crippen LogP contribution in [0.15, 0.2) is 103 Å². The molecule has 3 aliphatic heterocycles. The molecule has 3 heterocycles. The highest BCUT2D eigenvalue weighted by atomic mass is 35.5. The van der Waals surface area contributed by atoms with Crippen LogP contribution < -0.4 is 10.2 Å². The minimum atomic E-state index is -1.73. The van der Waals surface area contributed by atoms with Gasteiger partial charge in [0.15, 0.2) is 11.6 Å². The summed E-state index contributed by atoms with van der Waals surface area (Å²) in [5, 5.41) is 13.0. The SMILES string of the molecule is COc1ccc(C23C(=O)N(Nc4ccc(Cl)cc4Cl)C(=O)C2CC2C(=CCC4C(=O)N(C5CCN(Cc6ccccc6)CC5)C(=O)C42)C3c2cccc(F)c2O)cc1. The van der Waals surface area contributed by atoms with Gasteiger partial charge in [-0.05, 0) is 79.1 Å².